The Morgan fingerprint density at radius 3 is 2.78 bits per heavy atom. The van der Waals surface area contributed by atoms with Crippen molar-refractivity contribution in [2.75, 3.05) is 12.0 Å². The van der Waals surface area contributed by atoms with Gasteiger partial charge in [0.2, 0.25) is 0 Å². The highest BCUT2D eigenvalue weighted by atomic mass is 32.1. The number of hydrogen-bond donors (Lipinski definition) is 1. The molecule has 1 fully saturated rings. The molecule has 4 nitrogen and oxygen atoms in total. The van der Waals surface area contributed by atoms with Crippen molar-refractivity contribution >= 4 is 23.0 Å². The molecule has 2 aromatic rings. The van der Waals surface area contributed by atoms with E-state index in [0.717, 1.165) is 29.2 Å². The van der Waals surface area contributed by atoms with Gasteiger partial charge in [-0.05, 0) is 49.5 Å². The summed E-state index contributed by atoms with van der Waals surface area (Å²) < 4.78 is 11.7. The Hall–Kier alpha value is -2.27. The van der Waals surface area contributed by atoms with Crippen molar-refractivity contribution < 1.29 is 9.47 Å². The van der Waals surface area contributed by atoms with Gasteiger partial charge in [0, 0.05) is 17.7 Å². The summed E-state index contributed by atoms with van der Waals surface area (Å²) in [7, 11) is 1.67. The van der Waals surface area contributed by atoms with Gasteiger partial charge in [-0.15, -0.1) is 0 Å². The summed E-state index contributed by atoms with van der Waals surface area (Å²) in [5.41, 5.74) is 1.62. The monoisotopic (exact) mass is 326 g/mol. The highest BCUT2D eigenvalue weighted by Gasteiger charge is 2.48. The summed E-state index contributed by atoms with van der Waals surface area (Å²) in [5, 5.41) is 4.13. The zero-order valence-corrected chi connectivity index (χ0v) is 13.9. The van der Waals surface area contributed by atoms with Crippen molar-refractivity contribution in [3.8, 4) is 11.5 Å². The molecule has 2 heterocycles. The third-order valence-corrected chi connectivity index (χ3v) is 4.79. The Kier molecular flexibility index (Phi) is 3.20. The van der Waals surface area contributed by atoms with Gasteiger partial charge < -0.3 is 14.8 Å². The normalized spacial score (nSPS) is 25.2. The van der Waals surface area contributed by atoms with Crippen LogP contribution in [0.2, 0.25) is 0 Å². The predicted molar refractivity (Wildman–Crippen MR) is 94.0 cm³/mol. The van der Waals surface area contributed by atoms with Gasteiger partial charge in [0.15, 0.2) is 10.8 Å². The van der Waals surface area contributed by atoms with E-state index in [-0.39, 0.29) is 6.04 Å². The number of methoxy groups -OCH3 is 1. The van der Waals surface area contributed by atoms with Crippen molar-refractivity contribution in [2.45, 2.75) is 25.1 Å². The molecular formula is C18H18N2O2S. The van der Waals surface area contributed by atoms with E-state index in [2.05, 4.69) is 17.1 Å². The minimum atomic E-state index is -0.504. The summed E-state index contributed by atoms with van der Waals surface area (Å²) >= 11 is 5.63. The first-order valence-electron chi connectivity index (χ1n) is 7.63. The molecule has 0 radical (unpaired) electrons. The highest BCUT2D eigenvalue weighted by Crippen LogP contribution is 2.46. The molecule has 1 N–H and O–H groups in total. The van der Waals surface area contributed by atoms with Crippen LogP contribution in [0.1, 0.15) is 24.9 Å². The van der Waals surface area contributed by atoms with Gasteiger partial charge in [0.05, 0.1) is 13.2 Å². The number of hydrogen-bond acceptors (Lipinski definition) is 3. The molecule has 2 aromatic carbocycles. The SMILES string of the molecule is COc1ccc2c(c1)C1CC(C)(O2)N(c2ccccc2)C(=S)N1. The van der Waals surface area contributed by atoms with Crippen LogP contribution in [0.4, 0.5) is 5.69 Å². The topological polar surface area (TPSA) is 33.7 Å². The second-order valence-electron chi connectivity index (χ2n) is 6.06. The minimum absolute atomic E-state index is 0.131. The Bertz CT molecular complexity index is 765. The number of ether oxygens (including phenoxy) is 2. The number of anilines is 1. The van der Waals surface area contributed by atoms with Crippen LogP contribution in [0.3, 0.4) is 0 Å². The number of para-hydroxylation sites is 1. The third kappa shape index (κ3) is 2.23. The molecule has 0 saturated carbocycles. The van der Waals surface area contributed by atoms with E-state index in [1.54, 1.807) is 7.11 Å². The Morgan fingerprint density at radius 1 is 1.26 bits per heavy atom. The number of fused-ring (bicyclic) bond motifs is 4. The van der Waals surface area contributed by atoms with Gasteiger partial charge >= 0.3 is 0 Å². The second-order valence-corrected chi connectivity index (χ2v) is 6.44. The number of rotatable bonds is 2. The van der Waals surface area contributed by atoms with Gasteiger partial charge in [-0.3, -0.25) is 4.90 Å². The summed E-state index contributed by atoms with van der Waals surface area (Å²) in [6.45, 7) is 2.09. The molecule has 0 aliphatic carbocycles. The summed E-state index contributed by atoms with van der Waals surface area (Å²) in [6, 6.07) is 16.2. The van der Waals surface area contributed by atoms with Crippen LogP contribution in [0.5, 0.6) is 11.5 Å². The Morgan fingerprint density at radius 2 is 2.04 bits per heavy atom. The maximum atomic E-state index is 6.37. The van der Waals surface area contributed by atoms with Gasteiger partial charge in [-0.25, -0.2) is 0 Å². The minimum Gasteiger partial charge on any atom is -0.497 e. The van der Waals surface area contributed by atoms with Gasteiger partial charge in [-0.1, -0.05) is 18.2 Å². The zero-order valence-electron chi connectivity index (χ0n) is 13.1. The fourth-order valence-corrected chi connectivity index (χ4v) is 3.89. The maximum absolute atomic E-state index is 6.37. The van der Waals surface area contributed by atoms with Crippen LogP contribution in [0.15, 0.2) is 48.5 Å². The van der Waals surface area contributed by atoms with E-state index in [1.165, 1.54) is 0 Å². The van der Waals surface area contributed by atoms with E-state index < -0.39 is 5.72 Å². The lowest BCUT2D eigenvalue weighted by atomic mass is 9.90. The van der Waals surface area contributed by atoms with Gasteiger partial charge in [0.1, 0.15) is 11.5 Å². The van der Waals surface area contributed by atoms with E-state index >= 15 is 0 Å². The average Bonchev–Trinajstić information content (AvgIpc) is 2.55. The maximum Gasteiger partial charge on any atom is 0.188 e. The third-order valence-electron chi connectivity index (χ3n) is 4.49. The molecule has 1 saturated heterocycles. The molecule has 0 spiro atoms. The molecule has 4 rings (SSSR count). The van der Waals surface area contributed by atoms with Crippen LogP contribution in [-0.2, 0) is 0 Å². The first-order chi connectivity index (χ1) is 11.1. The van der Waals surface area contributed by atoms with Crippen LogP contribution in [-0.4, -0.2) is 17.9 Å². The smallest absolute Gasteiger partial charge is 0.188 e. The largest absolute Gasteiger partial charge is 0.497 e. The molecule has 2 bridgehead atoms. The number of nitrogens with one attached hydrogen (secondary N) is 1. The fourth-order valence-electron chi connectivity index (χ4n) is 3.45. The summed E-state index contributed by atoms with van der Waals surface area (Å²) in [4.78, 5) is 2.06. The molecule has 23 heavy (non-hydrogen) atoms. The quantitative estimate of drug-likeness (QED) is 0.852. The van der Waals surface area contributed by atoms with E-state index in [0.29, 0.717) is 5.11 Å². The Labute approximate surface area is 141 Å². The molecule has 5 heteroatoms. The zero-order chi connectivity index (χ0) is 16.0. The lowest BCUT2D eigenvalue weighted by Crippen LogP contribution is -2.65. The van der Waals surface area contributed by atoms with Crippen molar-refractivity contribution in [3.05, 3.63) is 54.1 Å². The molecule has 0 aromatic heterocycles. The van der Waals surface area contributed by atoms with E-state index in [9.17, 15) is 0 Å². The van der Waals surface area contributed by atoms with Gasteiger partial charge in [-0.2, -0.15) is 0 Å². The van der Waals surface area contributed by atoms with Crippen LogP contribution < -0.4 is 19.7 Å². The molecular weight excluding hydrogens is 308 g/mol. The molecule has 0 amide bonds. The number of benzene rings is 2. The van der Waals surface area contributed by atoms with Crippen molar-refractivity contribution in [2.24, 2.45) is 0 Å². The van der Waals surface area contributed by atoms with Crippen LogP contribution >= 0.6 is 12.2 Å². The molecule has 2 aliphatic rings. The molecule has 2 aliphatic heterocycles. The highest BCUT2D eigenvalue weighted by molar-refractivity contribution is 7.80. The average molecular weight is 326 g/mol. The Balaban J connectivity index is 1.79. The second kappa shape index (κ2) is 5.13. The van der Waals surface area contributed by atoms with Crippen molar-refractivity contribution in [1.82, 2.24) is 5.32 Å². The van der Waals surface area contributed by atoms with E-state index in [4.69, 9.17) is 21.7 Å². The van der Waals surface area contributed by atoms with E-state index in [1.807, 2.05) is 48.5 Å². The first-order valence-corrected chi connectivity index (χ1v) is 8.04. The van der Waals surface area contributed by atoms with Crippen molar-refractivity contribution in [1.29, 1.82) is 0 Å². The lowest BCUT2D eigenvalue weighted by molar-refractivity contribution is 0.0496. The summed E-state index contributed by atoms with van der Waals surface area (Å²) in [5.74, 6) is 1.70. The lowest BCUT2D eigenvalue weighted by Gasteiger charge is -2.52. The summed E-state index contributed by atoms with van der Waals surface area (Å²) in [6.07, 6.45) is 0.808. The molecule has 2 atom stereocenters. The van der Waals surface area contributed by atoms with Gasteiger partial charge in [0.25, 0.3) is 0 Å². The number of thiocarbonyl (C=S) groups is 1. The standard InChI is InChI=1S/C18H18N2O2S/c1-18-11-15(14-10-13(21-2)8-9-16(14)22-18)19-17(23)20(18)12-6-4-3-5-7-12/h3-10,15H,11H2,1-2H3,(H,19,23). The van der Waals surface area contributed by atoms with Crippen molar-refractivity contribution in [3.63, 3.8) is 0 Å². The molecule has 118 valence electrons. The fraction of sp³-hybridized carbons (Fsp3) is 0.278. The number of nitrogens with zero attached hydrogens (tertiary/aromatic N) is 1. The predicted octanol–water partition coefficient (Wildman–Crippen LogP) is 3.63. The van der Waals surface area contributed by atoms with Crippen LogP contribution in [0, 0.1) is 0 Å². The first kappa shape index (κ1) is 14.3. The molecule has 2 unspecified atom stereocenters. The van der Waals surface area contributed by atoms with Crippen LogP contribution in [0.25, 0.3) is 0 Å².